The van der Waals surface area contributed by atoms with E-state index in [9.17, 15) is 9.59 Å². The molecule has 0 spiro atoms. The van der Waals surface area contributed by atoms with Gasteiger partial charge in [-0.05, 0) is 51.0 Å². The molecule has 0 radical (unpaired) electrons. The first-order valence-corrected chi connectivity index (χ1v) is 6.86. The lowest BCUT2D eigenvalue weighted by atomic mass is 9.95. The monoisotopic (exact) mass is 292 g/mol. The second kappa shape index (κ2) is 5.73. The molecule has 3 N–H and O–H groups in total. The van der Waals surface area contributed by atoms with Gasteiger partial charge in [-0.25, -0.2) is 9.59 Å². The smallest absolute Gasteiger partial charge is 0.335 e. The number of carboxylic acids is 1. The first-order valence-electron chi connectivity index (χ1n) is 6.86. The fourth-order valence-corrected chi connectivity index (χ4v) is 2.35. The van der Waals surface area contributed by atoms with Crippen LogP contribution >= 0.6 is 0 Å². The lowest BCUT2D eigenvalue weighted by Gasteiger charge is -2.29. The molecule has 2 atom stereocenters. The molecule has 1 aromatic carbocycles. The van der Waals surface area contributed by atoms with E-state index in [1.54, 1.807) is 13.0 Å². The van der Waals surface area contributed by atoms with E-state index in [1.165, 1.54) is 12.1 Å². The van der Waals surface area contributed by atoms with E-state index in [0.29, 0.717) is 17.9 Å². The molecule has 2 amide bonds. The number of benzene rings is 1. The minimum Gasteiger partial charge on any atom is -0.478 e. The number of rotatable bonds is 3. The summed E-state index contributed by atoms with van der Waals surface area (Å²) in [6, 6.07) is 4.27. The Bertz CT molecular complexity index is 573. The first kappa shape index (κ1) is 15.3. The van der Waals surface area contributed by atoms with Gasteiger partial charge >= 0.3 is 12.0 Å². The molecule has 1 heterocycles. The number of hydrogen-bond acceptors (Lipinski definition) is 3. The van der Waals surface area contributed by atoms with Gasteiger partial charge in [-0.15, -0.1) is 0 Å². The van der Waals surface area contributed by atoms with Gasteiger partial charge in [-0.3, -0.25) is 0 Å². The maximum atomic E-state index is 12.1. The third kappa shape index (κ3) is 3.33. The molecule has 114 valence electrons. The minimum atomic E-state index is -0.987. The summed E-state index contributed by atoms with van der Waals surface area (Å²) in [5.41, 5.74) is 1.10. The van der Waals surface area contributed by atoms with Crippen molar-refractivity contribution in [3.8, 4) is 0 Å². The molecule has 2 unspecified atom stereocenters. The van der Waals surface area contributed by atoms with Gasteiger partial charge in [0.15, 0.2) is 0 Å². The molecule has 0 aromatic heterocycles. The van der Waals surface area contributed by atoms with Gasteiger partial charge in [0.25, 0.3) is 0 Å². The molecule has 6 heteroatoms. The van der Waals surface area contributed by atoms with Crippen LogP contribution in [0.4, 0.5) is 10.5 Å². The van der Waals surface area contributed by atoms with Crippen molar-refractivity contribution in [3.05, 3.63) is 29.3 Å². The number of urea groups is 1. The van der Waals surface area contributed by atoms with Crippen LogP contribution in [0.25, 0.3) is 0 Å². The van der Waals surface area contributed by atoms with Gasteiger partial charge < -0.3 is 20.5 Å². The van der Waals surface area contributed by atoms with Gasteiger partial charge in [0.1, 0.15) is 0 Å². The number of aryl methyl sites for hydroxylation is 1. The van der Waals surface area contributed by atoms with Crippen molar-refractivity contribution in [1.82, 2.24) is 5.32 Å². The Morgan fingerprint density at radius 2 is 2.14 bits per heavy atom. The van der Waals surface area contributed by atoms with Crippen molar-refractivity contribution in [3.63, 3.8) is 0 Å². The van der Waals surface area contributed by atoms with Gasteiger partial charge in [-0.2, -0.15) is 0 Å². The van der Waals surface area contributed by atoms with Crippen LogP contribution in [0.3, 0.4) is 0 Å². The average Bonchev–Trinajstić information content (AvgIpc) is 2.71. The molecule has 0 bridgehead atoms. The summed E-state index contributed by atoms with van der Waals surface area (Å²) in [6.45, 7) is 6.26. The van der Waals surface area contributed by atoms with Crippen molar-refractivity contribution in [2.45, 2.75) is 38.8 Å². The highest BCUT2D eigenvalue weighted by atomic mass is 16.5. The van der Waals surface area contributed by atoms with Crippen molar-refractivity contribution in [1.29, 1.82) is 0 Å². The van der Waals surface area contributed by atoms with E-state index < -0.39 is 5.97 Å². The Morgan fingerprint density at radius 1 is 1.43 bits per heavy atom. The SMILES string of the molecule is Cc1cc(C(=O)O)ccc1NC(=O)NC1(C)CCOC1C. The highest BCUT2D eigenvalue weighted by Crippen LogP contribution is 2.25. The lowest BCUT2D eigenvalue weighted by molar-refractivity contribution is 0.0697. The van der Waals surface area contributed by atoms with Crippen LogP contribution in [0.15, 0.2) is 18.2 Å². The summed E-state index contributed by atoms with van der Waals surface area (Å²) in [7, 11) is 0. The quantitative estimate of drug-likeness (QED) is 0.798. The maximum Gasteiger partial charge on any atom is 0.335 e. The summed E-state index contributed by atoms with van der Waals surface area (Å²) < 4.78 is 5.48. The highest BCUT2D eigenvalue weighted by molar-refractivity contribution is 5.93. The third-order valence-electron chi connectivity index (χ3n) is 4.01. The number of hydrogen-bond donors (Lipinski definition) is 3. The van der Waals surface area contributed by atoms with Crippen LogP contribution < -0.4 is 10.6 Å². The zero-order chi connectivity index (χ0) is 15.6. The summed E-state index contributed by atoms with van der Waals surface area (Å²) in [5, 5.41) is 14.6. The Kier molecular flexibility index (Phi) is 4.18. The van der Waals surface area contributed by atoms with Crippen LogP contribution in [-0.4, -0.2) is 35.4 Å². The highest BCUT2D eigenvalue weighted by Gasteiger charge is 2.38. The maximum absolute atomic E-state index is 12.1. The van der Waals surface area contributed by atoms with Crippen LogP contribution in [-0.2, 0) is 4.74 Å². The largest absolute Gasteiger partial charge is 0.478 e. The molecule has 1 fully saturated rings. The van der Waals surface area contributed by atoms with Crippen LogP contribution in [0.2, 0.25) is 0 Å². The Morgan fingerprint density at radius 3 is 2.67 bits per heavy atom. The normalized spacial score (nSPS) is 24.6. The molecular weight excluding hydrogens is 272 g/mol. The molecule has 1 saturated heterocycles. The third-order valence-corrected chi connectivity index (χ3v) is 4.01. The summed E-state index contributed by atoms with van der Waals surface area (Å²) >= 11 is 0. The van der Waals surface area contributed by atoms with E-state index in [0.717, 1.165) is 6.42 Å². The number of carbonyl (C=O) groups excluding carboxylic acids is 1. The molecule has 6 nitrogen and oxygen atoms in total. The van der Waals surface area contributed by atoms with E-state index in [4.69, 9.17) is 9.84 Å². The van der Waals surface area contributed by atoms with E-state index in [1.807, 2.05) is 13.8 Å². The van der Waals surface area contributed by atoms with Gasteiger partial charge in [0.05, 0.1) is 17.2 Å². The number of carbonyl (C=O) groups is 2. The predicted octanol–water partition coefficient (Wildman–Crippen LogP) is 2.38. The van der Waals surface area contributed by atoms with Crippen LogP contribution in [0.5, 0.6) is 0 Å². The molecule has 1 aliphatic rings. The molecular formula is C15H20N2O4. The number of nitrogens with one attached hydrogen (secondary N) is 2. The standard InChI is InChI=1S/C15H20N2O4/c1-9-8-11(13(18)19)4-5-12(9)16-14(20)17-15(3)6-7-21-10(15)2/h4-5,8,10H,6-7H2,1-3H3,(H,18,19)(H2,16,17,20). The molecule has 1 aliphatic heterocycles. The van der Waals surface area contributed by atoms with E-state index in [2.05, 4.69) is 10.6 Å². The van der Waals surface area contributed by atoms with Crippen LogP contribution in [0.1, 0.15) is 36.2 Å². The molecule has 0 aliphatic carbocycles. The molecule has 0 saturated carbocycles. The topological polar surface area (TPSA) is 87.7 Å². The number of anilines is 1. The predicted molar refractivity (Wildman–Crippen MR) is 78.7 cm³/mol. The zero-order valence-electron chi connectivity index (χ0n) is 12.4. The molecule has 21 heavy (non-hydrogen) atoms. The number of ether oxygens (including phenoxy) is 1. The second-order valence-corrected chi connectivity index (χ2v) is 5.59. The Balaban J connectivity index is 2.05. The van der Waals surface area contributed by atoms with Gasteiger partial charge in [-0.1, -0.05) is 0 Å². The van der Waals surface area contributed by atoms with Gasteiger partial charge in [0, 0.05) is 12.3 Å². The number of aromatic carboxylic acids is 1. The molecule has 1 aromatic rings. The minimum absolute atomic E-state index is 0.0428. The van der Waals surface area contributed by atoms with Crippen LogP contribution in [0, 0.1) is 6.92 Å². The van der Waals surface area contributed by atoms with E-state index >= 15 is 0 Å². The Hall–Kier alpha value is -2.08. The number of carboxylic acid groups (broad SMARTS) is 1. The fraction of sp³-hybridized carbons (Fsp3) is 0.467. The lowest BCUT2D eigenvalue weighted by Crippen LogP contribution is -2.52. The summed E-state index contributed by atoms with van der Waals surface area (Å²) in [6.07, 6.45) is 0.720. The van der Waals surface area contributed by atoms with E-state index in [-0.39, 0.29) is 23.2 Å². The average molecular weight is 292 g/mol. The van der Waals surface area contributed by atoms with Crippen molar-refractivity contribution >= 4 is 17.7 Å². The summed E-state index contributed by atoms with van der Waals surface area (Å²) in [5.74, 6) is -0.987. The fourth-order valence-electron chi connectivity index (χ4n) is 2.35. The Labute approximate surface area is 123 Å². The molecule has 2 rings (SSSR count). The summed E-state index contributed by atoms with van der Waals surface area (Å²) in [4.78, 5) is 23.0. The van der Waals surface area contributed by atoms with Gasteiger partial charge in [0.2, 0.25) is 0 Å². The zero-order valence-corrected chi connectivity index (χ0v) is 12.4. The van der Waals surface area contributed by atoms with Crippen molar-refractivity contribution < 1.29 is 19.4 Å². The number of amides is 2. The van der Waals surface area contributed by atoms with Crippen molar-refractivity contribution in [2.75, 3.05) is 11.9 Å². The second-order valence-electron chi connectivity index (χ2n) is 5.59. The van der Waals surface area contributed by atoms with Crippen molar-refractivity contribution in [2.24, 2.45) is 0 Å². The first-order chi connectivity index (χ1) is 9.82.